The van der Waals surface area contributed by atoms with E-state index in [-0.39, 0.29) is 0 Å². The van der Waals surface area contributed by atoms with Crippen LogP contribution in [0.15, 0.2) is 22.7 Å². The summed E-state index contributed by atoms with van der Waals surface area (Å²) < 4.78 is 6.78. The van der Waals surface area contributed by atoms with Crippen molar-refractivity contribution in [3.63, 3.8) is 0 Å². The van der Waals surface area contributed by atoms with Gasteiger partial charge in [0.05, 0.1) is 11.1 Å². The van der Waals surface area contributed by atoms with Crippen LogP contribution < -0.4 is 10.1 Å². The van der Waals surface area contributed by atoms with Crippen molar-refractivity contribution in [2.24, 2.45) is 0 Å². The lowest BCUT2D eigenvalue weighted by molar-refractivity contribution is 0.303. The molecular formula is C14H22BrNO. The Morgan fingerprint density at radius 3 is 2.76 bits per heavy atom. The molecule has 0 aliphatic carbocycles. The summed E-state index contributed by atoms with van der Waals surface area (Å²) in [6.45, 7) is 7.19. The predicted molar refractivity (Wildman–Crippen MR) is 76.8 cm³/mol. The molecule has 0 amide bonds. The molecule has 17 heavy (non-hydrogen) atoms. The van der Waals surface area contributed by atoms with E-state index in [1.165, 1.54) is 18.4 Å². The fourth-order valence-corrected chi connectivity index (χ4v) is 2.22. The molecule has 0 aliphatic rings. The molecule has 0 heterocycles. The molecule has 0 bridgehead atoms. The third-order valence-corrected chi connectivity index (χ3v) is 3.21. The average molecular weight is 300 g/mol. The summed E-state index contributed by atoms with van der Waals surface area (Å²) >= 11 is 3.52. The van der Waals surface area contributed by atoms with Crippen molar-refractivity contribution >= 4 is 15.9 Å². The normalized spacial score (nSPS) is 10.5. The van der Waals surface area contributed by atoms with Crippen LogP contribution in [-0.2, 0) is 0 Å². The van der Waals surface area contributed by atoms with Gasteiger partial charge in [-0.25, -0.2) is 0 Å². The maximum absolute atomic E-state index is 5.73. The van der Waals surface area contributed by atoms with Crippen LogP contribution >= 0.6 is 15.9 Å². The zero-order valence-corrected chi connectivity index (χ0v) is 12.3. The second-order valence-electron chi connectivity index (χ2n) is 4.20. The zero-order valence-electron chi connectivity index (χ0n) is 10.8. The van der Waals surface area contributed by atoms with Gasteiger partial charge in [0.15, 0.2) is 0 Å². The van der Waals surface area contributed by atoms with Crippen LogP contribution in [0.5, 0.6) is 5.75 Å². The monoisotopic (exact) mass is 299 g/mol. The Kier molecular flexibility index (Phi) is 7.29. The highest BCUT2D eigenvalue weighted by atomic mass is 79.9. The van der Waals surface area contributed by atoms with Gasteiger partial charge in [-0.15, -0.1) is 0 Å². The minimum absolute atomic E-state index is 0.799. The highest BCUT2D eigenvalue weighted by Crippen LogP contribution is 2.25. The first-order valence-electron chi connectivity index (χ1n) is 6.33. The number of rotatable bonds is 8. The van der Waals surface area contributed by atoms with Crippen molar-refractivity contribution in [1.29, 1.82) is 0 Å². The minimum atomic E-state index is 0.799. The Labute approximate surface area is 113 Å². The molecule has 0 saturated carbocycles. The van der Waals surface area contributed by atoms with E-state index in [0.717, 1.165) is 36.3 Å². The number of halogens is 1. The largest absolute Gasteiger partial charge is 0.492 e. The average Bonchev–Trinajstić information content (AvgIpc) is 2.30. The molecule has 1 N–H and O–H groups in total. The van der Waals surface area contributed by atoms with Crippen LogP contribution in [0.2, 0.25) is 0 Å². The van der Waals surface area contributed by atoms with Gasteiger partial charge in [0.25, 0.3) is 0 Å². The van der Waals surface area contributed by atoms with Crippen molar-refractivity contribution in [2.45, 2.75) is 33.1 Å². The first-order chi connectivity index (χ1) is 8.24. The van der Waals surface area contributed by atoms with Crippen LogP contribution in [0.1, 0.15) is 31.7 Å². The lowest BCUT2D eigenvalue weighted by atomic mass is 10.2. The second-order valence-corrected chi connectivity index (χ2v) is 5.05. The minimum Gasteiger partial charge on any atom is -0.492 e. The molecule has 0 aliphatic heterocycles. The molecule has 0 atom stereocenters. The molecule has 0 fully saturated rings. The van der Waals surface area contributed by atoms with Gasteiger partial charge in [0, 0.05) is 0 Å². The Bertz CT molecular complexity index is 328. The van der Waals surface area contributed by atoms with Crippen LogP contribution in [0, 0.1) is 6.92 Å². The highest BCUT2D eigenvalue weighted by molar-refractivity contribution is 9.10. The van der Waals surface area contributed by atoms with E-state index in [1.54, 1.807) is 0 Å². The summed E-state index contributed by atoms with van der Waals surface area (Å²) in [6.07, 6.45) is 3.56. The lowest BCUT2D eigenvalue weighted by Crippen LogP contribution is -2.14. The molecule has 96 valence electrons. The topological polar surface area (TPSA) is 21.3 Å². The summed E-state index contributed by atoms with van der Waals surface area (Å²) in [4.78, 5) is 0. The van der Waals surface area contributed by atoms with E-state index in [0.29, 0.717) is 0 Å². The van der Waals surface area contributed by atoms with Gasteiger partial charge >= 0.3 is 0 Å². The molecule has 0 radical (unpaired) electrons. The van der Waals surface area contributed by atoms with Crippen molar-refractivity contribution in [3.05, 3.63) is 28.2 Å². The van der Waals surface area contributed by atoms with Gasteiger partial charge in [0.1, 0.15) is 5.75 Å². The maximum atomic E-state index is 5.73. The molecule has 1 aromatic carbocycles. The molecule has 1 aromatic rings. The third-order valence-electron chi connectivity index (χ3n) is 2.59. The van der Waals surface area contributed by atoms with Gasteiger partial charge in [-0.05, 0) is 72.9 Å². The van der Waals surface area contributed by atoms with Gasteiger partial charge in [-0.3, -0.25) is 0 Å². The summed E-state index contributed by atoms with van der Waals surface area (Å²) in [6, 6.07) is 6.18. The smallest absolute Gasteiger partial charge is 0.133 e. The summed E-state index contributed by atoms with van der Waals surface area (Å²) in [5.41, 5.74) is 1.25. The van der Waals surface area contributed by atoms with Crippen LogP contribution in [0.4, 0.5) is 0 Å². The number of aryl methyl sites for hydroxylation is 1. The van der Waals surface area contributed by atoms with E-state index in [1.807, 2.05) is 6.07 Å². The first kappa shape index (κ1) is 14.5. The molecular weight excluding hydrogens is 278 g/mol. The van der Waals surface area contributed by atoms with E-state index in [4.69, 9.17) is 4.74 Å². The number of ether oxygens (including phenoxy) is 1. The zero-order chi connectivity index (χ0) is 12.5. The van der Waals surface area contributed by atoms with E-state index >= 15 is 0 Å². The Balaban J connectivity index is 2.14. The second kappa shape index (κ2) is 8.54. The van der Waals surface area contributed by atoms with E-state index in [2.05, 4.69) is 47.2 Å². The van der Waals surface area contributed by atoms with Gasteiger partial charge in [-0.1, -0.05) is 13.0 Å². The Morgan fingerprint density at radius 1 is 1.24 bits per heavy atom. The Hall–Kier alpha value is -0.540. The summed E-state index contributed by atoms with van der Waals surface area (Å²) in [7, 11) is 0. The molecule has 0 unspecified atom stereocenters. The van der Waals surface area contributed by atoms with Gasteiger partial charge < -0.3 is 10.1 Å². The number of hydrogen-bond donors (Lipinski definition) is 1. The quantitative estimate of drug-likeness (QED) is 0.735. The number of unbranched alkanes of at least 4 members (excludes halogenated alkanes) is 2. The molecule has 0 saturated heterocycles. The number of hydrogen-bond acceptors (Lipinski definition) is 2. The van der Waals surface area contributed by atoms with Gasteiger partial charge in [-0.2, -0.15) is 0 Å². The lowest BCUT2D eigenvalue weighted by Gasteiger charge is -2.08. The SMILES string of the molecule is CCNCCCCCOc1ccc(C)cc1Br. The first-order valence-corrected chi connectivity index (χ1v) is 7.13. The molecule has 2 nitrogen and oxygen atoms in total. The van der Waals surface area contributed by atoms with Crippen LogP contribution in [0.3, 0.4) is 0 Å². The summed E-state index contributed by atoms with van der Waals surface area (Å²) in [5, 5.41) is 3.32. The number of benzene rings is 1. The van der Waals surface area contributed by atoms with Crippen molar-refractivity contribution in [2.75, 3.05) is 19.7 Å². The maximum Gasteiger partial charge on any atom is 0.133 e. The number of nitrogens with one attached hydrogen (secondary N) is 1. The summed E-state index contributed by atoms with van der Waals surface area (Å²) in [5.74, 6) is 0.947. The molecule has 3 heteroatoms. The molecule has 1 rings (SSSR count). The van der Waals surface area contributed by atoms with Crippen molar-refractivity contribution < 1.29 is 4.74 Å². The van der Waals surface area contributed by atoms with Crippen LogP contribution in [-0.4, -0.2) is 19.7 Å². The highest BCUT2D eigenvalue weighted by Gasteiger charge is 2.00. The standard InChI is InChI=1S/C14H22BrNO/c1-3-16-9-5-4-6-10-17-14-8-7-12(2)11-13(14)15/h7-8,11,16H,3-6,9-10H2,1-2H3. The van der Waals surface area contributed by atoms with E-state index in [9.17, 15) is 0 Å². The van der Waals surface area contributed by atoms with E-state index < -0.39 is 0 Å². The van der Waals surface area contributed by atoms with Crippen LogP contribution in [0.25, 0.3) is 0 Å². The fourth-order valence-electron chi connectivity index (χ4n) is 1.61. The third kappa shape index (κ3) is 6.08. The molecule has 0 spiro atoms. The van der Waals surface area contributed by atoms with Gasteiger partial charge in [0.2, 0.25) is 0 Å². The predicted octanol–water partition coefficient (Wildman–Crippen LogP) is 3.92. The Morgan fingerprint density at radius 2 is 2.06 bits per heavy atom. The fraction of sp³-hybridized carbons (Fsp3) is 0.571. The molecule has 0 aromatic heterocycles. The van der Waals surface area contributed by atoms with Crippen molar-refractivity contribution in [3.8, 4) is 5.75 Å². The van der Waals surface area contributed by atoms with Crippen molar-refractivity contribution in [1.82, 2.24) is 5.32 Å².